The summed E-state index contributed by atoms with van der Waals surface area (Å²) in [7, 11) is 0. The predicted octanol–water partition coefficient (Wildman–Crippen LogP) is 2.73. The molecule has 1 amide bonds. The Hall–Kier alpha value is -2.16. The highest BCUT2D eigenvalue weighted by molar-refractivity contribution is 9.10. The van der Waals surface area contributed by atoms with E-state index in [0.29, 0.717) is 36.4 Å². The number of aromatic amines is 1. The fourth-order valence-electron chi connectivity index (χ4n) is 5.05. The van der Waals surface area contributed by atoms with E-state index in [0.717, 1.165) is 16.8 Å². The summed E-state index contributed by atoms with van der Waals surface area (Å²) in [6.07, 6.45) is 1.12. The van der Waals surface area contributed by atoms with Crippen molar-refractivity contribution in [3.63, 3.8) is 0 Å². The highest BCUT2D eigenvalue weighted by Gasteiger charge is 2.66. The lowest BCUT2D eigenvalue weighted by Crippen LogP contribution is -2.49. The van der Waals surface area contributed by atoms with Crippen molar-refractivity contribution in [1.29, 1.82) is 0 Å². The lowest BCUT2D eigenvalue weighted by atomic mass is 9.71. The van der Waals surface area contributed by atoms with Crippen LogP contribution in [0.2, 0.25) is 0 Å². The van der Waals surface area contributed by atoms with E-state index in [4.69, 9.17) is 4.74 Å². The second-order valence-electron chi connectivity index (χ2n) is 8.98. The molecule has 8 nitrogen and oxygen atoms in total. The fraction of sp³-hybridized carbons (Fsp3) is 0.579. The van der Waals surface area contributed by atoms with Crippen LogP contribution in [-0.4, -0.2) is 49.3 Å². The van der Waals surface area contributed by atoms with E-state index in [9.17, 15) is 9.59 Å². The lowest BCUT2D eigenvalue weighted by molar-refractivity contribution is 0.0156. The zero-order valence-corrected chi connectivity index (χ0v) is 17.7. The van der Waals surface area contributed by atoms with Gasteiger partial charge in [-0.2, -0.15) is 9.50 Å². The van der Waals surface area contributed by atoms with E-state index in [1.165, 1.54) is 4.52 Å². The summed E-state index contributed by atoms with van der Waals surface area (Å²) in [4.78, 5) is 36.4. The Balaban J connectivity index is 1.51. The van der Waals surface area contributed by atoms with E-state index in [1.54, 1.807) is 4.90 Å². The number of carbonyl (C=O) groups excluding carboxylic acids is 1. The average molecular weight is 448 g/mol. The maximum Gasteiger partial charge on any atom is 0.410 e. The molecule has 2 aromatic heterocycles. The number of carbonyl (C=O) groups is 1. The van der Waals surface area contributed by atoms with Crippen molar-refractivity contribution in [3.8, 4) is 0 Å². The molecule has 0 radical (unpaired) electrons. The smallest absolute Gasteiger partial charge is 0.410 e. The van der Waals surface area contributed by atoms with E-state index in [-0.39, 0.29) is 28.9 Å². The maximum absolute atomic E-state index is 13.3. The van der Waals surface area contributed by atoms with Crippen molar-refractivity contribution < 1.29 is 9.53 Å². The van der Waals surface area contributed by atoms with Crippen LogP contribution >= 0.6 is 15.9 Å². The molecule has 2 aliphatic carbocycles. The topological polar surface area (TPSA) is 92.6 Å². The van der Waals surface area contributed by atoms with Crippen LogP contribution in [0, 0.1) is 5.92 Å². The SMILES string of the molecule is C=C1[C@@H]2c3nc4nc(Br)[nH]n4c(=O)c3C3(CCN(C(=O)OC(C)(C)C)CC3)[C@H]12. The Morgan fingerprint density at radius 2 is 2.00 bits per heavy atom. The molecule has 0 bridgehead atoms. The molecule has 1 saturated heterocycles. The molecule has 0 unspecified atom stereocenters. The third kappa shape index (κ3) is 2.34. The van der Waals surface area contributed by atoms with Crippen molar-refractivity contribution in [1.82, 2.24) is 24.5 Å². The number of likely N-dealkylation sites (tertiary alicyclic amines) is 1. The zero-order chi connectivity index (χ0) is 20.0. The van der Waals surface area contributed by atoms with Gasteiger partial charge in [-0.15, -0.1) is 0 Å². The van der Waals surface area contributed by atoms with Gasteiger partial charge in [0.1, 0.15) is 5.60 Å². The van der Waals surface area contributed by atoms with Crippen LogP contribution in [0.1, 0.15) is 50.8 Å². The minimum Gasteiger partial charge on any atom is -0.444 e. The Kier molecular flexibility index (Phi) is 3.49. The van der Waals surface area contributed by atoms with Gasteiger partial charge in [0, 0.05) is 35.9 Å². The van der Waals surface area contributed by atoms with Gasteiger partial charge < -0.3 is 9.64 Å². The first-order chi connectivity index (χ1) is 13.1. The Morgan fingerprint density at radius 1 is 1.32 bits per heavy atom. The second-order valence-corrected chi connectivity index (χ2v) is 9.73. The number of nitrogens with zero attached hydrogens (tertiary/aromatic N) is 4. The number of piperidine rings is 1. The van der Waals surface area contributed by atoms with Crippen molar-refractivity contribution >= 4 is 27.8 Å². The second kappa shape index (κ2) is 5.46. The molecular formula is C19H22BrN5O3. The van der Waals surface area contributed by atoms with E-state index < -0.39 is 5.60 Å². The van der Waals surface area contributed by atoms with E-state index >= 15 is 0 Å². The Bertz CT molecular complexity index is 1090. The standard InChI is InChI=1S/C19H22BrN5O3/c1-9-10-11(9)19(5-7-24(8-6-19)17(27)28-18(2,3)4)12-13(10)21-16-22-15(20)23-25(16)14(12)26/h10-11H,1,5-8H2,2-4H3,(H,21,22,23)/t10-,11+/m0/s1. The van der Waals surface area contributed by atoms with Crippen LogP contribution in [0.5, 0.6) is 0 Å². The van der Waals surface area contributed by atoms with Gasteiger partial charge in [-0.3, -0.25) is 9.89 Å². The van der Waals surface area contributed by atoms with Crippen LogP contribution in [0.3, 0.4) is 0 Å². The number of H-pyrrole nitrogens is 1. The molecule has 3 heterocycles. The summed E-state index contributed by atoms with van der Waals surface area (Å²) in [5.41, 5.74) is 1.81. The summed E-state index contributed by atoms with van der Waals surface area (Å²) in [5, 5.41) is 2.91. The van der Waals surface area contributed by atoms with Gasteiger partial charge in [0.25, 0.3) is 11.3 Å². The molecule has 3 aliphatic rings. The van der Waals surface area contributed by atoms with Crippen molar-refractivity contribution in [2.45, 2.75) is 50.5 Å². The molecule has 2 fully saturated rings. The molecule has 5 rings (SSSR count). The van der Waals surface area contributed by atoms with Crippen molar-refractivity contribution in [2.75, 3.05) is 13.1 Å². The quantitative estimate of drug-likeness (QED) is 0.626. The van der Waals surface area contributed by atoms with Crippen LogP contribution < -0.4 is 5.56 Å². The predicted molar refractivity (Wildman–Crippen MR) is 105 cm³/mol. The average Bonchev–Trinajstić information content (AvgIpc) is 2.99. The van der Waals surface area contributed by atoms with Gasteiger partial charge in [-0.1, -0.05) is 12.2 Å². The van der Waals surface area contributed by atoms with Gasteiger partial charge in [0.15, 0.2) is 4.73 Å². The molecular weight excluding hydrogens is 426 g/mol. The number of fused-ring (bicyclic) bond motifs is 6. The van der Waals surface area contributed by atoms with Crippen molar-refractivity contribution in [3.05, 3.63) is 38.5 Å². The summed E-state index contributed by atoms with van der Waals surface area (Å²) >= 11 is 3.28. The van der Waals surface area contributed by atoms with Gasteiger partial charge in [-0.25, -0.2) is 9.78 Å². The van der Waals surface area contributed by atoms with Crippen LogP contribution in [0.25, 0.3) is 5.78 Å². The van der Waals surface area contributed by atoms with E-state index in [1.807, 2.05) is 20.8 Å². The number of ether oxygens (including phenoxy) is 1. The molecule has 1 aliphatic heterocycles. The summed E-state index contributed by atoms with van der Waals surface area (Å²) in [5.74, 6) is 0.743. The highest BCUT2D eigenvalue weighted by Crippen LogP contribution is 2.70. The first-order valence-electron chi connectivity index (χ1n) is 9.48. The Labute approximate surface area is 170 Å². The number of nitrogens with one attached hydrogen (secondary N) is 1. The molecule has 2 atom stereocenters. The summed E-state index contributed by atoms with van der Waals surface area (Å²) < 4.78 is 7.39. The Morgan fingerprint density at radius 3 is 2.64 bits per heavy atom. The third-order valence-electron chi connectivity index (χ3n) is 6.21. The summed E-state index contributed by atoms with van der Waals surface area (Å²) in [6, 6.07) is 0. The molecule has 0 aromatic carbocycles. The monoisotopic (exact) mass is 447 g/mol. The van der Waals surface area contributed by atoms with Gasteiger partial charge in [-0.05, 0) is 49.5 Å². The number of amides is 1. The van der Waals surface area contributed by atoms with Gasteiger partial charge in [0.05, 0.1) is 5.69 Å². The molecule has 28 heavy (non-hydrogen) atoms. The number of aromatic nitrogens is 4. The molecule has 1 saturated carbocycles. The maximum atomic E-state index is 13.3. The fourth-order valence-corrected chi connectivity index (χ4v) is 5.39. The zero-order valence-electron chi connectivity index (χ0n) is 16.1. The molecule has 1 N–H and O–H groups in total. The first kappa shape index (κ1) is 17.9. The van der Waals surface area contributed by atoms with Gasteiger partial charge in [0.2, 0.25) is 0 Å². The molecule has 148 valence electrons. The largest absolute Gasteiger partial charge is 0.444 e. The molecule has 1 spiro atoms. The van der Waals surface area contributed by atoms with E-state index in [2.05, 4.69) is 37.6 Å². The van der Waals surface area contributed by atoms with Crippen LogP contribution in [-0.2, 0) is 10.2 Å². The minimum atomic E-state index is -0.523. The number of hydrogen-bond donors (Lipinski definition) is 1. The van der Waals surface area contributed by atoms with Crippen LogP contribution in [0.15, 0.2) is 21.7 Å². The third-order valence-corrected chi connectivity index (χ3v) is 6.57. The molecule has 2 aromatic rings. The minimum absolute atomic E-state index is 0.0936. The number of rotatable bonds is 0. The summed E-state index contributed by atoms with van der Waals surface area (Å²) in [6.45, 7) is 10.9. The van der Waals surface area contributed by atoms with Crippen molar-refractivity contribution in [2.24, 2.45) is 5.92 Å². The number of halogens is 1. The first-order valence-corrected chi connectivity index (χ1v) is 10.3. The number of allylic oxidation sites excluding steroid dienone is 1. The lowest BCUT2D eigenvalue weighted by Gasteiger charge is -2.41. The highest BCUT2D eigenvalue weighted by atomic mass is 79.9. The van der Waals surface area contributed by atoms with Crippen LogP contribution in [0.4, 0.5) is 4.79 Å². The molecule has 9 heteroatoms. The number of hydrogen-bond acceptors (Lipinski definition) is 5. The normalized spacial score (nSPS) is 25.1. The van der Waals surface area contributed by atoms with Gasteiger partial charge >= 0.3 is 6.09 Å².